The fraction of sp³-hybridized carbons (Fsp3) is 0.296. The minimum atomic E-state index is -0.00177. The van der Waals surface area contributed by atoms with Crippen LogP contribution in [0.15, 0.2) is 78.9 Å². The van der Waals surface area contributed by atoms with Gasteiger partial charge in [0.05, 0.1) is 0 Å². The van der Waals surface area contributed by atoms with Crippen molar-refractivity contribution in [2.45, 2.75) is 33.2 Å². The molecule has 0 aliphatic heterocycles. The molecule has 3 aromatic carbocycles. The number of benzene rings is 3. The van der Waals surface area contributed by atoms with Crippen LogP contribution in [-0.2, 0) is 13.0 Å². The van der Waals surface area contributed by atoms with Gasteiger partial charge in [-0.1, -0.05) is 86.6 Å². The van der Waals surface area contributed by atoms with Crippen molar-refractivity contribution >= 4 is 5.91 Å². The van der Waals surface area contributed by atoms with Gasteiger partial charge in [-0.05, 0) is 53.6 Å². The maximum Gasteiger partial charge on any atom is 0.251 e. The van der Waals surface area contributed by atoms with E-state index in [1.807, 2.05) is 36.4 Å². The number of carbonyl (C=O) groups excluding carboxylic acids is 1. The lowest BCUT2D eigenvalue weighted by Crippen LogP contribution is -2.26. The van der Waals surface area contributed by atoms with Crippen LogP contribution in [0.2, 0.25) is 0 Å². The van der Waals surface area contributed by atoms with Crippen molar-refractivity contribution in [2.75, 3.05) is 13.1 Å². The van der Waals surface area contributed by atoms with E-state index in [2.05, 4.69) is 66.9 Å². The highest BCUT2D eigenvalue weighted by Crippen LogP contribution is 2.27. The standard InChI is InChI=1S/C27H32N2O/c1-21(2)16-19-29-27(30)26-15-9-8-14-25(26)24-13-7-6-12-23(24)20-28-18-17-22-10-4-3-5-11-22/h3-15,21,28H,16-20H2,1-2H3,(H,29,30). The molecule has 0 radical (unpaired) electrons. The second-order valence-electron chi connectivity index (χ2n) is 8.05. The number of amides is 1. The molecule has 3 aromatic rings. The normalized spacial score (nSPS) is 10.9. The van der Waals surface area contributed by atoms with Gasteiger partial charge in [-0.25, -0.2) is 0 Å². The van der Waals surface area contributed by atoms with E-state index in [4.69, 9.17) is 0 Å². The van der Waals surface area contributed by atoms with Crippen LogP contribution in [0.25, 0.3) is 11.1 Å². The molecular formula is C27H32N2O. The smallest absolute Gasteiger partial charge is 0.251 e. The van der Waals surface area contributed by atoms with E-state index in [9.17, 15) is 4.79 Å². The Bertz CT molecular complexity index is 934. The molecule has 0 heterocycles. The van der Waals surface area contributed by atoms with Crippen LogP contribution in [0, 0.1) is 5.92 Å². The van der Waals surface area contributed by atoms with Crippen LogP contribution < -0.4 is 10.6 Å². The first kappa shape index (κ1) is 21.8. The lowest BCUT2D eigenvalue weighted by molar-refractivity contribution is 0.0952. The van der Waals surface area contributed by atoms with Gasteiger partial charge in [0.15, 0.2) is 0 Å². The van der Waals surface area contributed by atoms with Crippen molar-refractivity contribution in [3.05, 3.63) is 95.6 Å². The summed E-state index contributed by atoms with van der Waals surface area (Å²) in [6.45, 7) is 6.72. The van der Waals surface area contributed by atoms with Crippen LogP contribution in [0.1, 0.15) is 41.8 Å². The zero-order valence-electron chi connectivity index (χ0n) is 18.0. The van der Waals surface area contributed by atoms with E-state index >= 15 is 0 Å². The van der Waals surface area contributed by atoms with Crippen molar-refractivity contribution in [1.29, 1.82) is 0 Å². The lowest BCUT2D eigenvalue weighted by Gasteiger charge is -2.15. The van der Waals surface area contributed by atoms with Crippen LogP contribution in [0.4, 0.5) is 0 Å². The van der Waals surface area contributed by atoms with Gasteiger partial charge in [0, 0.05) is 18.7 Å². The second-order valence-corrected chi connectivity index (χ2v) is 8.05. The molecule has 30 heavy (non-hydrogen) atoms. The summed E-state index contributed by atoms with van der Waals surface area (Å²) < 4.78 is 0. The Balaban J connectivity index is 1.69. The van der Waals surface area contributed by atoms with E-state index in [-0.39, 0.29) is 5.91 Å². The average Bonchev–Trinajstić information content (AvgIpc) is 2.77. The minimum Gasteiger partial charge on any atom is -0.352 e. The Kier molecular flexibility index (Phi) is 8.22. The number of rotatable bonds is 10. The number of nitrogens with one attached hydrogen (secondary N) is 2. The minimum absolute atomic E-state index is 0.00177. The molecule has 3 nitrogen and oxygen atoms in total. The maximum atomic E-state index is 12.8. The highest BCUT2D eigenvalue weighted by atomic mass is 16.1. The van der Waals surface area contributed by atoms with E-state index in [1.54, 1.807) is 0 Å². The Labute approximate surface area is 180 Å². The van der Waals surface area contributed by atoms with Crippen LogP contribution in [0.5, 0.6) is 0 Å². The second kappa shape index (κ2) is 11.3. The molecule has 0 bridgehead atoms. The van der Waals surface area contributed by atoms with E-state index < -0.39 is 0 Å². The zero-order valence-corrected chi connectivity index (χ0v) is 18.0. The van der Waals surface area contributed by atoms with Gasteiger partial charge >= 0.3 is 0 Å². The fourth-order valence-electron chi connectivity index (χ4n) is 3.52. The van der Waals surface area contributed by atoms with Gasteiger partial charge < -0.3 is 10.6 Å². The Hall–Kier alpha value is -2.91. The Morgan fingerprint density at radius 3 is 2.23 bits per heavy atom. The van der Waals surface area contributed by atoms with Crippen molar-refractivity contribution in [2.24, 2.45) is 5.92 Å². The first-order chi connectivity index (χ1) is 14.6. The molecule has 156 valence electrons. The van der Waals surface area contributed by atoms with E-state index in [1.165, 1.54) is 11.1 Å². The van der Waals surface area contributed by atoms with Gasteiger partial charge in [0.2, 0.25) is 0 Å². The number of hydrogen-bond acceptors (Lipinski definition) is 2. The van der Waals surface area contributed by atoms with Gasteiger partial charge in [0.25, 0.3) is 5.91 Å². The zero-order chi connectivity index (χ0) is 21.2. The molecule has 0 aliphatic carbocycles. The summed E-state index contributed by atoms with van der Waals surface area (Å²) in [5.74, 6) is 0.571. The quantitative estimate of drug-likeness (QED) is 0.444. The summed E-state index contributed by atoms with van der Waals surface area (Å²) in [5, 5.41) is 6.63. The molecule has 3 heteroatoms. The lowest BCUT2D eigenvalue weighted by atomic mass is 9.95. The van der Waals surface area contributed by atoms with E-state index in [0.29, 0.717) is 12.5 Å². The van der Waals surface area contributed by atoms with Crippen molar-refractivity contribution in [3.8, 4) is 11.1 Å². The molecule has 0 unspecified atom stereocenters. The predicted octanol–water partition coefficient (Wildman–Crippen LogP) is 5.46. The highest BCUT2D eigenvalue weighted by Gasteiger charge is 2.14. The van der Waals surface area contributed by atoms with E-state index in [0.717, 1.165) is 42.6 Å². The molecule has 0 aromatic heterocycles. The summed E-state index contributed by atoms with van der Waals surface area (Å²) >= 11 is 0. The van der Waals surface area contributed by atoms with Gasteiger partial charge in [-0.2, -0.15) is 0 Å². The number of carbonyl (C=O) groups is 1. The Morgan fingerprint density at radius 1 is 0.800 bits per heavy atom. The molecule has 0 spiro atoms. The van der Waals surface area contributed by atoms with Gasteiger partial charge in [0.1, 0.15) is 0 Å². The third-order valence-corrected chi connectivity index (χ3v) is 5.24. The molecule has 1 amide bonds. The monoisotopic (exact) mass is 400 g/mol. The summed E-state index contributed by atoms with van der Waals surface area (Å²) in [5.41, 5.74) is 5.37. The predicted molar refractivity (Wildman–Crippen MR) is 126 cm³/mol. The molecular weight excluding hydrogens is 368 g/mol. The number of hydrogen-bond donors (Lipinski definition) is 2. The summed E-state index contributed by atoms with van der Waals surface area (Å²) in [6, 6.07) is 26.7. The van der Waals surface area contributed by atoms with Gasteiger partial charge in [-0.15, -0.1) is 0 Å². The first-order valence-corrected chi connectivity index (χ1v) is 10.9. The topological polar surface area (TPSA) is 41.1 Å². The Morgan fingerprint density at radius 2 is 1.47 bits per heavy atom. The van der Waals surface area contributed by atoms with Gasteiger partial charge in [-0.3, -0.25) is 4.79 Å². The first-order valence-electron chi connectivity index (χ1n) is 10.9. The molecule has 0 saturated carbocycles. The average molecular weight is 401 g/mol. The van der Waals surface area contributed by atoms with Crippen LogP contribution in [0.3, 0.4) is 0 Å². The maximum absolute atomic E-state index is 12.8. The third-order valence-electron chi connectivity index (χ3n) is 5.24. The van der Waals surface area contributed by atoms with Crippen LogP contribution in [-0.4, -0.2) is 19.0 Å². The largest absolute Gasteiger partial charge is 0.352 e. The van der Waals surface area contributed by atoms with Crippen molar-refractivity contribution in [1.82, 2.24) is 10.6 Å². The summed E-state index contributed by atoms with van der Waals surface area (Å²) in [6.07, 6.45) is 1.98. The summed E-state index contributed by atoms with van der Waals surface area (Å²) in [7, 11) is 0. The van der Waals surface area contributed by atoms with Crippen molar-refractivity contribution in [3.63, 3.8) is 0 Å². The fourth-order valence-corrected chi connectivity index (χ4v) is 3.52. The molecule has 0 saturated heterocycles. The molecule has 0 aliphatic rings. The third kappa shape index (κ3) is 6.30. The highest BCUT2D eigenvalue weighted by molar-refractivity contribution is 6.01. The molecule has 2 N–H and O–H groups in total. The van der Waals surface area contributed by atoms with Crippen molar-refractivity contribution < 1.29 is 4.79 Å². The molecule has 0 fully saturated rings. The molecule has 3 rings (SSSR count). The summed E-state index contributed by atoms with van der Waals surface area (Å²) in [4.78, 5) is 12.8. The van der Waals surface area contributed by atoms with Crippen LogP contribution >= 0.6 is 0 Å². The SMILES string of the molecule is CC(C)CCNC(=O)c1ccccc1-c1ccccc1CNCCc1ccccc1. The molecule has 0 atom stereocenters.